The summed E-state index contributed by atoms with van der Waals surface area (Å²) in [5.74, 6) is 0.778. The van der Waals surface area contributed by atoms with Gasteiger partial charge in [0.25, 0.3) is 0 Å². The van der Waals surface area contributed by atoms with E-state index in [0.29, 0.717) is 28.2 Å². The molecule has 1 aromatic heterocycles. The van der Waals surface area contributed by atoms with Gasteiger partial charge in [0.1, 0.15) is 11.5 Å². The number of benzene rings is 1. The number of ether oxygens (including phenoxy) is 3. The van der Waals surface area contributed by atoms with Crippen LogP contribution in [0.15, 0.2) is 30.5 Å². The van der Waals surface area contributed by atoms with Crippen LogP contribution in [-0.2, 0) is 4.74 Å². The molecule has 0 bridgehead atoms. The molecule has 5 heteroatoms. The van der Waals surface area contributed by atoms with Crippen LogP contribution in [0.5, 0.6) is 11.5 Å². The fourth-order valence-electron chi connectivity index (χ4n) is 2.16. The Labute approximate surface area is 123 Å². The van der Waals surface area contributed by atoms with Crippen LogP contribution in [0.1, 0.15) is 16.1 Å². The van der Waals surface area contributed by atoms with Crippen LogP contribution in [0.4, 0.5) is 0 Å². The van der Waals surface area contributed by atoms with E-state index in [4.69, 9.17) is 14.2 Å². The molecular formula is C16H17NO4. The third-order valence-electron chi connectivity index (χ3n) is 3.14. The fraction of sp³-hybridized carbons (Fsp3) is 0.250. The lowest BCUT2D eigenvalue weighted by Gasteiger charge is -2.15. The summed E-state index contributed by atoms with van der Waals surface area (Å²) in [6, 6.07) is 7.27. The predicted octanol–water partition coefficient (Wildman–Crippen LogP) is 2.86. The monoisotopic (exact) mass is 287 g/mol. The first-order chi connectivity index (χ1) is 10.1. The molecule has 0 saturated heterocycles. The van der Waals surface area contributed by atoms with E-state index >= 15 is 0 Å². The molecular weight excluding hydrogens is 270 g/mol. The van der Waals surface area contributed by atoms with Gasteiger partial charge in [-0.15, -0.1) is 0 Å². The summed E-state index contributed by atoms with van der Waals surface area (Å²) in [6.07, 6.45) is 1.50. The second-order valence-electron chi connectivity index (χ2n) is 4.40. The molecule has 0 amide bonds. The van der Waals surface area contributed by atoms with Crippen molar-refractivity contribution in [2.24, 2.45) is 0 Å². The molecule has 0 aliphatic carbocycles. The third-order valence-corrected chi connectivity index (χ3v) is 3.14. The van der Waals surface area contributed by atoms with Gasteiger partial charge in [0.05, 0.1) is 32.5 Å². The maximum Gasteiger partial charge on any atom is 0.340 e. The number of hydrogen-bond acceptors (Lipinski definition) is 5. The molecule has 1 aromatic carbocycles. The van der Waals surface area contributed by atoms with Crippen LogP contribution >= 0.6 is 0 Å². The van der Waals surface area contributed by atoms with Gasteiger partial charge >= 0.3 is 5.97 Å². The summed E-state index contributed by atoms with van der Waals surface area (Å²) >= 11 is 0. The Kier molecular flexibility index (Phi) is 4.42. The van der Waals surface area contributed by atoms with Crippen molar-refractivity contribution in [1.82, 2.24) is 4.98 Å². The van der Waals surface area contributed by atoms with Crippen LogP contribution in [0, 0.1) is 6.92 Å². The van der Waals surface area contributed by atoms with Crippen molar-refractivity contribution in [3.05, 3.63) is 41.7 Å². The van der Waals surface area contributed by atoms with Crippen molar-refractivity contribution in [2.45, 2.75) is 6.92 Å². The molecule has 0 unspecified atom stereocenters. The van der Waals surface area contributed by atoms with Crippen molar-refractivity contribution >= 4 is 5.97 Å². The number of hydrogen-bond donors (Lipinski definition) is 0. The zero-order valence-electron chi connectivity index (χ0n) is 12.5. The molecule has 2 rings (SSSR count). The Morgan fingerprint density at radius 3 is 2.24 bits per heavy atom. The molecule has 0 saturated carbocycles. The molecule has 21 heavy (non-hydrogen) atoms. The van der Waals surface area contributed by atoms with Gasteiger partial charge in [-0.3, -0.25) is 4.98 Å². The molecule has 2 aromatic rings. The van der Waals surface area contributed by atoms with Crippen molar-refractivity contribution in [2.75, 3.05) is 21.3 Å². The van der Waals surface area contributed by atoms with E-state index in [-0.39, 0.29) is 0 Å². The average Bonchev–Trinajstić information content (AvgIpc) is 2.53. The minimum Gasteiger partial charge on any atom is -0.496 e. The lowest BCUT2D eigenvalue weighted by atomic mass is 9.98. The fourth-order valence-corrected chi connectivity index (χ4v) is 2.16. The van der Waals surface area contributed by atoms with Gasteiger partial charge < -0.3 is 14.2 Å². The molecule has 110 valence electrons. The van der Waals surface area contributed by atoms with Crippen molar-refractivity contribution in [3.63, 3.8) is 0 Å². The smallest absolute Gasteiger partial charge is 0.340 e. The number of esters is 1. The first kappa shape index (κ1) is 14.8. The summed E-state index contributed by atoms with van der Waals surface area (Å²) < 4.78 is 15.6. The molecule has 5 nitrogen and oxygen atoms in total. The third kappa shape index (κ3) is 2.81. The zero-order valence-corrected chi connectivity index (χ0v) is 12.5. The quantitative estimate of drug-likeness (QED) is 0.809. The number of pyridine rings is 1. The SMILES string of the molecule is COC(=O)c1cnc(C)cc1-c1c(OC)cccc1OC. The van der Waals surface area contributed by atoms with Crippen LogP contribution in [0.3, 0.4) is 0 Å². The van der Waals surface area contributed by atoms with Crippen molar-refractivity contribution in [3.8, 4) is 22.6 Å². The van der Waals surface area contributed by atoms with Crippen molar-refractivity contribution < 1.29 is 19.0 Å². The van der Waals surface area contributed by atoms with Gasteiger partial charge in [0.2, 0.25) is 0 Å². The van der Waals surface area contributed by atoms with E-state index in [9.17, 15) is 4.79 Å². The summed E-state index contributed by atoms with van der Waals surface area (Å²) in [7, 11) is 4.49. The average molecular weight is 287 g/mol. The van der Waals surface area contributed by atoms with E-state index in [1.807, 2.05) is 31.2 Å². The Bertz CT molecular complexity index is 645. The van der Waals surface area contributed by atoms with Crippen LogP contribution in [-0.4, -0.2) is 32.3 Å². The first-order valence-electron chi connectivity index (χ1n) is 6.38. The van der Waals surface area contributed by atoms with E-state index in [0.717, 1.165) is 5.69 Å². The number of nitrogens with zero attached hydrogens (tertiary/aromatic N) is 1. The number of carbonyl (C=O) groups excluding carboxylic acids is 1. The number of rotatable bonds is 4. The largest absolute Gasteiger partial charge is 0.496 e. The highest BCUT2D eigenvalue weighted by Crippen LogP contribution is 2.40. The van der Waals surface area contributed by atoms with Gasteiger partial charge in [0, 0.05) is 17.5 Å². The summed E-state index contributed by atoms with van der Waals surface area (Å²) in [5.41, 5.74) is 2.52. The lowest BCUT2D eigenvalue weighted by molar-refractivity contribution is 0.0601. The Morgan fingerprint density at radius 1 is 1.10 bits per heavy atom. The molecule has 0 aliphatic rings. The standard InChI is InChI=1S/C16H17NO4/c1-10-8-11(12(9-17-10)16(18)21-4)15-13(19-2)6-5-7-14(15)20-3/h5-9H,1-4H3. The predicted molar refractivity (Wildman–Crippen MR) is 78.9 cm³/mol. The topological polar surface area (TPSA) is 57.7 Å². The minimum atomic E-state index is -0.453. The maximum absolute atomic E-state index is 12.0. The molecule has 0 fully saturated rings. The maximum atomic E-state index is 12.0. The summed E-state index contributed by atoms with van der Waals surface area (Å²) in [4.78, 5) is 16.1. The van der Waals surface area contributed by atoms with E-state index in [2.05, 4.69) is 4.98 Å². The molecule has 0 N–H and O–H groups in total. The van der Waals surface area contributed by atoms with Gasteiger partial charge in [-0.2, -0.15) is 0 Å². The Balaban J connectivity index is 2.77. The molecule has 0 aliphatic heterocycles. The van der Waals surface area contributed by atoms with Gasteiger partial charge in [-0.05, 0) is 25.1 Å². The van der Waals surface area contributed by atoms with Gasteiger partial charge in [0.15, 0.2) is 0 Å². The highest BCUT2D eigenvalue weighted by Gasteiger charge is 2.20. The van der Waals surface area contributed by atoms with E-state index in [1.54, 1.807) is 14.2 Å². The molecule has 0 atom stereocenters. The van der Waals surface area contributed by atoms with Crippen molar-refractivity contribution in [1.29, 1.82) is 0 Å². The molecule has 1 heterocycles. The van der Waals surface area contributed by atoms with Crippen LogP contribution in [0.25, 0.3) is 11.1 Å². The highest BCUT2D eigenvalue weighted by atomic mass is 16.5. The van der Waals surface area contributed by atoms with Gasteiger partial charge in [-0.25, -0.2) is 4.79 Å². The number of aryl methyl sites for hydroxylation is 1. The Morgan fingerprint density at radius 2 is 1.71 bits per heavy atom. The van der Waals surface area contributed by atoms with E-state index in [1.165, 1.54) is 13.3 Å². The van der Waals surface area contributed by atoms with Crippen LogP contribution < -0.4 is 9.47 Å². The number of carbonyl (C=O) groups is 1. The normalized spacial score (nSPS) is 10.1. The highest BCUT2D eigenvalue weighted by molar-refractivity contribution is 5.99. The molecule has 0 spiro atoms. The minimum absolute atomic E-state index is 0.367. The van der Waals surface area contributed by atoms with E-state index < -0.39 is 5.97 Å². The first-order valence-corrected chi connectivity index (χ1v) is 6.38. The zero-order chi connectivity index (χ0) is 15.4. The second kappa shape index (κ2) is 6.26. The van der Waals surface area contributed by atoms with Gasteiger partial charge in [-0.1, -0.05) is 6.07 Å². The second-order valence-corrected chi connectivity index (χ2v) is 4.40. The van der Waals surface area contributed by atoms with Crippen LogP contribution in [0.2, 0.25) is 0 Å². The lowest BCUT2D eigenvalue weighted by Crippen LogP contribution is -2.06. The summed E-state index contributed by atoms with van der Waals surface area (Å²) in [6.45, 7) is 1.85. The molecule has 0 radical (unpaired) electrons. The number of methoxy groups -OCH3 is 3. The summed E-state index contributed by atoms with van der Waals surface area (Å²) in [5, 5.41) is 0. The number of aromatic nitrogens is 1. The Hall–Kier alpha value is -2.56.